The van der Waals surface area contributed by atoms with E-state index in [2.05, 4.69) is 4.90 Å². The maximum Gasteiger partial charge on any atom is 0.308 e. The second kappa shape index (κ2) is 7.83. The third-order valence-corrected chi connectivity index (χ3v) is 4.82. The van der Waals surface area contributed by atoms with Gasteiger partial charge in [0.1, 0.15) is 23.1 Å². The standard InChI is InChI=1S/C20H21F2NO3/c1-13-19(20(24)25)3-2-8-23(13)12-14-4-6-17(7-5-14)26-18-10-15(21)9-16(22)11-18/h4-7,9-11,13,19H,2-3,8,12H2,1H3,(H,24,25)/t13-,19-/m1/s1. The third-order valence-electron chi connectivity index (χ3n) is 4.82. The smallest absolute Gasteiger partial charge is 0.308 e. The van der Waals surface area contributed by atoms with Crippen LogP contribution in [0.4, 0.5) is 8.78 Å². The number of hydrogen-bond acceptors (Lipinski definition) is 3. The van der Waals surface area contributed by atoms with Gasteiger partial charge in [0.15, 0.2) is 0 Å². The molecule has 1 fully saturated rings. The zero-order valence-electron chi connectivity index (χ0n) is 14.5. The van der Waals surface area contributed by atoms with Crippen LogP contribution in [0.5, 0.6) is 11.5 Å². The summed E-state index contributed by atoms with van der Waals surface area (Å²) in [4.78, 5) is 13.5. The zero-order valence-corrected chi connectivity index (χ0v) is 14.5. The van der Waals surface area contributed by atoms with E-state index in [9.17, 15) is 18.7 Å². The molecule has 0 spiro atoms. The van der Waals surface area contributed by atoms with E-state index in [-0.39, 0.29) is 17.7 Å². The molecule has 1 N–H and O–H groups in total. The number of carbonyl (C=O) groups is 1. The number of hydrogen-bond donors (Lipinski definition) is 1. The highest BCUT2D eigenvalue weighted by atomic mass is 19.1. The molecule has 6 heteroatoms. The lowest BCUT2D eigenvalue weighted by molar-refractivity contribution is -0.145. The number of aliphatic carboxylic acids is 1. The summed E-state index contributed by atoms with van der Waals surface area (Å²) in [7, 11) is 0. The van der Waals surface area contributed by atoms with Gasteiger partial charge in [-0.1, -0.05) is 12.1 Å². The van der Waals surface area contributed by atoms with Crippen LogP contribution in [0.3, 0.4) is 0 Å². The Labute approximate surface area is 151 Å². The van der Waals surface area contributed by atoms with E-state index >= 15 is 0 Å². The fourth-order valence-electron chi connectivity index (χ4n) is 3.39. The molecule has 1 heterocycles. The molecule has 0 aromatic heterocycles. The zero-order chi connectivity index (χ0) is 18.7. The van der Waals surface area contributed by atoms with E-state index < -0.39 is 17.6 Å². The molecule has 1 aliphatic heterocycles. The highest BCUT2D eigenvalue weighted by molar-refractivity contribution is 5.71. The summed E-state index contributed by atoms with van der Waals surface area (Å²) in [5.41, 5.74) is 1.03. The summed E-state index contributed by atoms with van der Waals surface area (Å²) >= 11 is 0. The molecule has 138 valence electrons. The minimum Gasteiger partial charge on any atom is -0.481 e. The highest BCUT2D eigenvalue weighted by Gasteiger charge is 2.32. The molecule has 0 bridgehead atoms. The quantitative estimate of drug-likeness (QED) is 0.855. The van der Waals surface area contributed by atoms with Crippen LogP contribution >= 0.6 is 0 Å². The number of carboxylic acids is 1. The summed E-state index contributed by atoms with van der Waals surface area (Å²) in [5, 5.41) is 9.31. The second-order valence-electron chi connectivity index (χ2n) is 6.65. The second-order valence-corrected chi connectivity index (χ2v) is 6.65. The van der Waals surface area contributed by atoms with E-state index in [1.54, 1.807) is 12.1 Å². The van der Waals surface area contributed by atoms with Crippen LogP contribution in [-0.2, 0) is 11.3 Å². The fraction of sp³-hybridized carbons (Fsp3) is 0.350. The number of likely N-dealkylation sites (tertiary alicyclic amines) is 1. The van der Waals surface area contributed by atoms with Crippen LogP contribution in [0.1, 0.15) is 25.3 Å². The molecule has 2 aromatic carbocycles. The van der Waals surface area contributed by atoms with Crippen molar-refractivity contribution in [2.24, 2.45) is 5.92 Å². The maximum atomic E-state index is 13.2. The molecular weight excluding hydrogens is 340 g/mol. The average molecular weight is 361 g/mol. The lowest BCUT2D eigenvalue weighted by atomic mass is 9.90. The number of ether oxygens (including phenoxy) is 1. The highest BCUT2D eigenvalue weighted by Crippen LogP contribution is 2.27. The van der Waals surface area contributed by atoms with Crippen molar-refractivity contribution in [3.8, 4) is 11.5 Å². The fourth-order valence-corrected chi connectivity index (χ4v) is 3.39. The number of nitrogens with zero attached hydrogens (tertiary/aromatic N) is 1. The first-order chi connectivity index (χ1) is 12.4. The topological polar surface area (TPSA) is 49.8 Å². The Bertz CT molecular complexity index is 759. The van der Waals surface area contributed by atoms with Crippen LogP contribution in [0, 0.1) is 17.6 Å². The number of rotatable bonds is 5. The average Bonchev–Trinajstić information content (AvgIpc) is 2.57. The number of halogens is 2. The molecule has 0 saturated carbocycles. The first-order valence-electron chi connectivity index (χ1n) is 8.62. The van der Waals surface area contributed by atoms with Gasteiger partial charge in [-0.25, -0.2) is 8.78 Å². The van der Waals surface area contributed by atoms with E-state index in [0.29, 0.717) is 18.7 Å². The van der Waals surface area contributed by atoms with Crippen LogP contribution < -0.4 is 4.74 Å². The molecule has 0 aliphatic carbocycles. The first kappa shape index (κ1) is 18.3. The molecular formula is C20H21F2NO3. The molecule has 2 atom stereocenters. The van der Waals surface area contributed by atoms with Gasteiger partial charge in [-0.05, 0) is 44.0 Å². The number of carboxylic acid groups (broad SMARTS) is 1. The number of benzene rings is 2. The van der Waals surface area contributed by atoms with Crippen LogP contribution in [0.25, 0.3) is 0 Å². The SMILES string of the molecule is C[C@@H]1[C@H](C(=O)O)CCCN1Cc1ccc(Oc2cc(F)cc(F)c2)cc1. The van der Waals surface area contributed by atoms with Crippen molar-refractivity contribution in [1.82, 2.24) is 4.90 Å². The van der Waals surface area contributed by atoms with Crippen molar-refractivity contribution in [1.29, 1.82) is 0 Å². The predicted octanol–water partition coefficient (Wildman–Crippen LogP) is 4.44. The minimum atomic E-state index is -0.742. The van der Waals surface area contributed by atoms with Gasteiger partial charge in [-0.3, -0.25) is 9.69 Å². The molecule has 1 aliphatic rings. The van der Waals surface area contributed by atoms with Gasteiger partial charge < -0.3 is 9.84 Å². The molecule has 4 nitrogen and oxygen atoms in total. The molecule has 0 amide bonds. The van der Waals surface area contributed by atoms with Gasteiger partial charge >= 0.3 is 5.97 Å². The summed E-state index contributed by atoms with van der Waals surface area (Å²) in [5.74, 6) is -1.88. The Morgan fingerprint density at radius 1 is 1.15 bits per heavy atom. The Kier molecular flexibility index (Phi) is 5.52. The van der Waals surface area contributed by atoms with E-state index in [1.807, 2.05) is 19.1 Å². The Balaban J connectivity index is 1.65. The molecule has 0 unspecified atom stereocenters. The normalized spacial score (nSPS) is 20.7. The molecule has 2 aromatic rings. The van der Waals surface area contributed by atoms with Crippen molar-refractivity contribution >= 4 is 5.97 Å². The predicted molar refractivity (Wildman–Crippen MR) is 93.1 cm³/mol. The Hall–Kier alpha value is -2.47. The maximum absolute atomic E-state index is 13.2. The van der Waals surface area contributed by atoms with Crippen molar-refractivity contribution < 1.29 is 23.4 Å². The lowest BCUT2D eigenvalue weighted by Crippen LogP contribution is -2.45. The van der Waals surface area contributed by atoms with Crippen molar-refractivity contribution in [3.05, 3.63) is 59.7 Å². The number of piperidine rings is 1. The first-order valence-corrected chi connectivity index (χ1v) is 8.62. The van der Waals surface area contributed by atoms with Crippen molar-refractivity contribution in [2.75, 3.05) is 6.54 Å². The third kappa shape index (κ3) is 4.38. The lowest BCUT2D eigenvalue weighted by Gasteiger charge is -2.37. The monoisotopic (exact) mass is 361 g/mol. The summed E-state index contributed by atoms with van der Waals surface area (Å²) < 4.78 is 31.9. The Morgan fingerprint density at radius 2 is 1.81 bits per heavy atom. The van der Waals surface area contributed by atoms with Crippen LogP contribution in [0.2, 0.25) is 0 Å². The van der Waals surface area contributed by atoms with Gasteiger partial charge in [-0.2, -0.15) is 0 Å². The van der Waals surface area contributed by atoms with Crippen molar-refractivity contribution in [2.45, 2.75) is 32.4 Å². The van der Waals surface area contributed by atoms with Crippen molar-refractivity contribution in [3.63, 3.8) is 0 Å². The molecule has 1 saturated heterocycles. The van der Waals surface area contributed by atoms with E-state index in [1.165, 1.54) is 0 Å². The minimum absolute atomic E-state index is 0.0209. The molecule has 26 heavy (non-hydrogen) atoms. The van der Waals surface area contributed by atoms with Gasteiger partial charge in [0.25, 0.3) is 0 Å². The molecule has 0 radical (unpaired) electrons. The van der Waals surface area contributed by atoms with E-state index in [4.69, 9.17) is 4.74 Å². The van der Waals surface area contributed by atoms with Gasteiger partial charge in [0, 0.05) is 30.8 Å². The van der Waals surface area contributed by atoms with Crippen LogP contribution in [0.15, 0.2) is 42.5 Å². The van der Waals surface area contributed by atoms with Gasteiger partial charge in [-0.15, -0.1) is 0 Å². The van der Waals surface area contributed by atoms with Crippen LogP contribution in [-0.4, -0.2) is 28.6 Å². The van der Waals surface area contributed by atoms with Gasteiger partial charge in [0.2, 0.25) is 0 Å². The van der Waals surface area contributed by atoms with E-state index in [0.717, 1.165) is 36.7 Å². The Morgan fingerprint density at radius 3 is 2.42 bits per heavy atom. The largest absolute Gasteiger partial charge is 0.481 e. The van der Waals surface area contributed by atoms with Gasteiger partial charge in [0.05, 0.1) is 5.92 Å². The molecule has 3 rings (SSSR count). The summed E-state index contributed by atoms with van der Waals surface area (Å²) in [6, 6.07) is 10.2. The summed E-state index contributed by atoms with van der Waals surface area (Å²) in [6.07, 6.45) is 1.58. The summed E-state index contributed by atoms with van der Waals surface area (Å²) in [6.45, 7) is 3.47.